The van der Waals surface area contributed by atoms with Gasteiger partial charge in [-0.2, -0.15) is 0 Å². The van der Waals surface area contributed by atoms with Crippen LogP contribution in [0.5, 0.6) is 0 Å². The molecule has 0 radical (unpaired) electrons. The third kappa shape index (κ3) is 4.05. The molecule has 3 N–H and O–H groups in total. The molecule has 1 atom stereocenters. The molecule has 0 spiro atoms. The fraction of sp³-hybridized carbons (Fsp3) is 0.250. The van der Waals surface area contributed by atoms with Gasteiger partial charge in [0.1, 0.15) is 5.82 Å². The van der Waals surface area contributed by atoms with Crippen LogP contribution in [-0.4, -0.2) is 6.54 Å². The lowest BCUT2D eigenvalue weighted by molar-refractivity contribution is -0.368. The predicted molar refractivity (Wildman–Crippen MR) is 71.8 cm³/mol. The maximum absolute atomic E-state index is 13.3. The van der Waals surface area contributed by atoms with E-state index in [-0.39, 0.29) is 24.1 Å². The van der Waals surface area contributed by atoms with Crippen molar-refractivity contribution in [1.82, 2.24) is 0 Å². The molecule has 0 aliphatic carbocycles. The van der Waals surface area contributed by atoms with Crippen LogP contribution in [0.15, 0.2) is 48.5 Å². The van der Waals surface area contributed by atoms with Crippen LogP contribution in [-0.2, 0) is 0 Å². The van der Waals surface area contributed by atoms with Gasteiger partial charge in [0.2, 0.25) is 0 Å². The van der Waals surface area contributed by atoms with Crippen molar-refractivity contribution >= 4 is 0 Å². The predicted octanol–water partition coefficient (Wildman–Crippen LogP) is -0.0980. The van der Waals surface area contributed by atoms with Gasteiger partial charge in [0.05, 0.1) is 6.54 Å². The lowest BCUT2D eigenvalue weighted by Gasteiger charge is -2.17. The quantitative estimate of drug-likeness (QED) is 0.810. The first-order valence-corrected chi connectivity index (χ1v) is 6.32. The molecule has 0 aromatic heterocycles. The summed E-state index contributed by atoms with van der Waals surface area (Å²) in [5.41, 5.74) is 7.43. The first-order chi connectivity index (χ1) is 8.70. The maximum atomic E-state index is 13.3. The Balaban J connectivity index is 0.00000180. The standard InChI is InChI=1S/C16H18FN.ClH/c1-12-4-2-5-13(10-12)16(8-9-18)14-6-3-7-15(17)11-14;/h2-7,10-11,16H,8-9,18H2,1H3;1H. The molecular weight excluding hydrogens is 261 g/mol. The van der Waals surface area contributed by atoms with Crippen molar-refractivity contribution in [1.29, 1.82) is 0 Å². The van der Waals surface area contributed by atoms with E-state index in [0.717, 1.165) is 18.5 Å². The van der Waals surface area contributed by atoms with Gasteiger partial charge in [-0.3, -0.25) is 0 Å². The molecule has 0 aliphatic heterocycles. The number of quaternary nitrogens is 1. The molecule has 19 heavy (non-hydrogen) atoms. The van der Waals surface area contributed by atoms with Gasteiger partial charge in [-0.15, -0.1) is 0 Å². The minimum Gasteiger partial charge on any atom is -1.00 e. The molecule has 0 saturated carbocycles. The SMILES string of the molecule is Cc1cccc(C(CC[NH3+])c2cccc(F)c2)c1.[Cl-]. The van der Waals surface area contributed by atoms with E-state index >= 15 is 0 Å². The first kappa shape index (κ1) is 15.7. The normalized spacial score (nSPS) is 11.7. The van der Waals surface area contributed by atoms with Gasteiger partial charge < -0.3 is 18.1 Å². The Morgan fingerprint density at radius 2 is 1.68 bits per heavy atom. The molecule has 0 bridgehead atoms. The van der Waals surface area contributed by atoms with E-state index in [2.05, 4.69) is 36.9 Å². The Bertz CT molecular complexity index is 482. The smallest absolute Gasteiger partial charge is 0.123 e. The van der Waals surface area contributed by atoms with Crippen molar-refractivity contribution in [2.24, 2.45) is 0 Å². The molecule has 0 fully saturated rings. The highest BCUT2D eigenvalue weighted by atomic mass is 35.5. The van der Waals surface area contributed by atoms with E-state index in [1.807, 2.05) is 6.07 Å². The van der Waals surface area contributed by atoms with Crippen molar-refractivity contribution in [3.63, 3.8) is 0 Å². The molecule has 2 aromatic carbocycles. The Labute approximate surface area is 120 Å². The second-order valence-electron chi connectivity index (χ2n) is 4.66. The van der Waals surface area contributed by atoms with Gasteiger partial charge in [0.15, 0.2) is 0 Å². The summed E-state index contributed by atoms with van der Waals surface area (Å²) >= 11 is 0. The second kappa shape index (κ2) is 7.27. The van der Waals surface area contributed by atoms with Gasteiger partial charge >= 0.3 is 0 Å². The van der Waals surface area contributed by atoms with E-state index in [4.69, 9.17) is 0 Å². The molecule has 0 amide bonds. The molecule has 1 unspecified atom stereocenters. The zero-order valence-corrected chi connectivity index (χ0v) is 11.8. The molecule has 2 aromatic rings. The fourth-order valence-electron chi connectivity index (χ4n) is 2.34. The average Bonchev–Trinajstić information content (AvgIpc) is 2.36. The summed E-state index contributed by atoms with van der Waals surface area (Å²) in [5, 5.41) is 0. The molecule has 0 aliphatic rings. The van der Waals surface area contributed by atoms with Crippen LogP contribution in [0.1, 0.15) is 29.0 Å². The number of benzene rings is 2. The van der Waals surface area contributed by atoms with Crippen molar-refractivity contribution in [2.45, 2.75) is 19.3 Å². The number of halogens is 2. The highest BCUT2D eigenvalue weighted by molar-refractivity contribution is 5.34. The Kier molecular flexibility index (Phi) is 6.00. The number of aryl methyl sites for hydroxylation is 1. The monoisotopic (exact) mass is 279 g/mol. The summed E-state index contributed by atoms with van der Waals surface area (Å²) in [4.78, 5) is 0. The van der Waals surface area contributed by atoms with Gasteiger partial charge in [-0.1, -0.05) is 42.0 Å². The largest absolute Gasteiger partial charge is 1.00 e. The van der Waals surface area contributed by atoms with Crippen LogP contribution in [0.4, 0.5) is 4.39 Å². The maximum Gasteiger partial charge on any atom is 0.123 e. The average molecular weight is 280 g/mol. The highest BCUT2D eigenvalue weighted by Crippen LogP contribution is 2.28. The second-order valence-corrected chi connectivity index (χ2v) is 4.66. The number of hydrogen-bond acceptors (Lipinski definition) is 0. The van der Waals surface area contributed by atoms with Gasteiger partial charge in [-0.05, 0) is 30.2 Å². The summed E-state index contributed by atoms with van der Waals surface area (Å²) < 4.78 is 13.3. The molecular formula is C16H19ClFN. The van der Waals surface area contributed by atoms with Crippen molar-refractivity contribution in [3.8, 4) is 0 Å². The van der Waals surface area contributed by atoms with E-state index in [1.165, 1.54) is 17.2 Å². The summed E-state index contributed by atoms with van der Waals surface area (Å²) in [5.74, 6) is 0.0623. The van der Waals surface area contributed by atoms with Gasteiger partial charge in [0, 0.05) is 12.3 Å². The molecule has 3 heteroatoms. The van der Waals surface area contributed by atoms with Crippen molar-refractivity contribution in [2.75, 3.05) is 6.54 Å². The summed E-state index contributed by atoms with van der Waals surface area (Å²) in [6, 6.07) is 15.3. The van der Waals surface area contributed by atoms with Gasteiger partial charge in [-0.25, -0.2) is 4.39 Å². The van der Waals surface area contributed by atoms with Crippen molar-refractivity contribution < 1.29 is 22.5 Å². The van der Waals surface area contributed by atoms with Crippen LogP contribution in [0, 0.1) is 12.7 Å². The van der Waals surface area contributed by atoms with Crippen LogP contribution in [0.3, 0.4) is 0 Å². The summed E-state index contributed by atoms with van der Waals surface area (Å²) in [6.45, 7) is 2.92. The highest BCUT2D eigenvalue weighted by Gasteiger charge is 2.14. The van der Waals surface area contributed by atoms with Gasteiger partial charge in [0.25, 0.3) is 0 Å². The lowest BCUT2D eigenvalue weighted by Crippen LogP contribution is -3.00. The topological polar surface area (TPSA) is 27.6 Å². The van der Waals surface area contributed by atoms with Crippen LogP contribution < -0.4 is 18.1 Å². The zero-order valence-electron chi connectivity index (χ0n) is 11.1. The van der Waals surface area contributed by atoms with Crippen LogP contribution in [0.25, 0.3) is 0 Å². The third-order valence-electron chi connectivity index (χ3n) is 3.19. The minimum absolute atomic E-state index is 0. The van der Waals surface area contributed by atoms with Crippen LogP contribution >= 0.6 is 0 Å². The molecule has 1 nitrogen and oxygen atoms in total. The van der Waals surface area contributed by atoms with E-state index in [0.29, 0.717) is 0 Å². The van der Waals surface area contributed by atoms with E-state index in [9.17, 15) is 4.39 Å². The van der Waals surface area contributed by atoms with E-state index < -0.39 is 0 Å². The summed E-state index contributed by atoms with van der Waals surface area (Å²) in [7, 11) is 0. The Morgan fingerprint density at radius 3 is 2.26 bits per heavy atom. The first-order valence-electron chi connectivity index (χ1n) is 6.32. The fourth-order valence-corrected chi connectivity index (χ4v) is 2.34. The van der Waals surface area contributed by atoms with E-state index in [1.54, 1.807) is 12.1 Å². The third-order valence-corrected chi connectivity index (χ3v) is 3.19. The zero-order chi connectivity index (χ0) is 13.0. The number of hydrogen-bond donors (Lipinski definition) is 1. The summed E-state index contributed by atoms with van der Waals surface area (Å²) in [6.07, 6.45) is 0.937. The Hall–Kier alpha value is -1.38. The molecule has 0 heterocycles. The molecule has 0 saturated heterocycles. The molecule has 2 rings (SSSR count). The van der Waals surface area contributed by atoms with Crippen LogP contribution in [0.2, 0.25) is 0 Å². The Morgan fingerprint density at radius 1 is 1.05 bits per heavy atom. The van der Waals surface area contributed by atoms with Crippen molar-refractivity contribution in [3.05, 3.63) is 71.0 Å². The minimum atomic E-state index is -0.172. The molecule has 102 valence electrons. The lowest BCUT2D eigenvalue weighted by atomic mass is 9.88. The number of rotatable bonds is 4.